The van der Waals surface area contributed by atoms with Crippen molar-refractivity contribution >= 4 is 27.7 Å². The lowest BCUT2D eigenvalue weighted by Crippen LogP contribution is -2.32. The smallest absolute Gasteiger partial charge is 0.276 e. The minimum Gasteiger partial charge on any atom is -0.411 e. The molecule has 1 amide bonds. The molecule has 0 spiro atoms. The van der Waals surface area contributed by atoms with E-state index in [1.54, 1.807) is 12.1 Å². The van der Waals surface area contributed by atoms with Crippen molar-refractivity contribution in [3.63, 3.8) is 0 Å². The molecule has 0 aliphatic carbocycles. The summed E-state index contributed by atoms with van der Waals surface area (Å²) in [4.78, 5) is 12.4. The Balaban J connectivity index is 1.43. The molecule has 0 fully saturated rings. The second-order valence-corrected chi connectivity index (χ2v) is 8.34. The molecule has 2 aromatic carbocycles. The molecule has 0 saturated carbocycles. The van der Waals surface area contributed by atoms with Crippen LogP contribution in [0.15, 0.2) is 69.1 Å². The average Bonchev–Trinajstić information content (AvgIpc) is 3.20. The summed E-state index contributed by atoms with van der Waals surface area (Å²) >= 11 is 1.21. The molecule has 3 aromatic rings. The lowest BCUT2D eigenvalue weighted by Gasteiger charge is -2.13. The molecule has 0 unspecified atom stereocenters. The molecule has 9 heteroatoms. The molecule has 0 bridgehead atoms. The third kappa shape index (κ3) is 2.89. The average molecular weight is 387 g/mol. The van der Waals surface area contributed by atoms with E-state index in [-0.39, 0.29) is 17.0 Å². The fraction of sp³-hybridized carbons (Fsp3) is 0.118. The first-order valence-electron chi connectivity index (χ1n) is 7.75. The highest BCUT2D eigenvalue weighted by molar-refractivity contribution is 7.99. The van der Waals surface area contributed by atoms with Crippen molar-refractivity contribution in [2.24, 2.45) is 0 Å². The first kappa shape index (κ1) is 16.8. The number of hydrogen-bond acceptors (Lipinski definition) is 7. The SMILES string of the molecule is O=C1c2ccccc2S(=O)(=O)N1CCSc1nnc(-c2ccccc2)o1. The van der Waals surface area contributed by atoms with Gasteiger partial charge in [-0.25, -0.2) is 12.7 Å². The quantitative estimate of drug-likeness (QED) is 0.621. The van der Waals surface area contributed by atoms with E-state index in [4.69, 9.17) is 4.42 Å². The Morgan fingerprint density at radius 1 is 1.00 bits per heavy atom. The van der Waals surface area contributed by atoms with E-state index < -0.39 is 15.9 Å². The summed E-state index contributed by atoms with van der Waals surface area (Å²) in [5.74, 6) is 0.206. The van der Waals surface area contributed by atoms with Crippen LogP contribution in [0.4, 0.5) is 0 Å². The van der Waals surface area contributed by atoms with Crippen molar-refractivity contribution in [3.8, 4) is 11.5 Å². The molecule has 1 aliphatic rings. The van der Waals surface area contributed by atoms with E-state index in [0.717, 1.165) is 9.87 Å². The molecule has 0 atom stereocenters. The lowest BCUT2D eigenvalue weighted by atomic mass is 10.2. The molecule has 0 saturated heterocycles. The Morgan fingerprint density at radius 3 is 2.50 bits per heavy atom. The first-order chi connectivity index (χ1) is 12.6. The predicted octanol–water partition coefficient (Wildman–Crippen LogP) is 2.67. The van der Waals surface area contributed by atoms with E-state index in [1.807, 2.05) is 30.3 Å². The molecule has 26 heavy (non-hydrogen) atoms. The van der Waals surface area contributed by atoms with Crippen LogP contribution in [0.1, 0.15) is 10.4 Å². The van der Waals surface area contributed by atoms with Crippen molar-refractivity contribution in [1.29, 1.82) is 0 Å². The minimum absolute atomic E-state index is 0.0313. The highest BCUT2D eigenvalue weighted by atomic mass is 32.2. The van der Waals surface area contributed by atoms with Crippen LogP contribution in [0.2, 0.25) is 0 Å². The standard InChI is InChI=1S/C17H13N3O4S2/c21-16-13-8-4-5-9-14(13)26(22,23)20(16)10-11-25-17-19-18-15(24-17)12-6-2-1-3-7-12/h1-9H,10-11H2. The van der Waals surface area contributed by atoms with Gasteiger partial charge < -0.3 is 4.42 Å². The second kappa shape index (κ2) is 6.58. The predicted molar refractivity (Wildman–Crippen MR) is 95.1 cm³/mol. The van der Waals surface area contributed by atoms with E-state index >= 15 is 0 Å². The first-order valence-corrected chi connectivity index (χ1v) is 10.2. The molecule has 132 valence electrons. The van der Waals surface area contributed by atoms with Crippen LogP contribution in [-0.2, 0) is 10.0 Å². The highest BCUT2D eigenvalue weighted by Gasteiger charge is 2.40. The molecule has 7 nitrogen and oxygen atoms in total. The number of nitrogens with zero attached hydrogens (tertiary/aromatic N) is 3. The minimum atomic E-state index is -3.78. The van der Waals surface area contributed by atoms with Gasteiger partial charge in [-0.05, 0) is 24.3 Å². The Bertz CT molecular complexity index is 1060. The van der Waals surface area contributed by atoms with Crippen molar-refractivity contribution in [3.05, 3.63) is 60.2 Å². The number of carbonyl (C=O) groups excluding carboxylic acids is 1. The van der Waals surface area contributed by atoms with Gasteiger partial charge in [-0.15, -0.1) is 10.2 Å². The van der Waals surface area contributed by atoms with Crippen LogP contribution in [0.3, 0.4) is 0 Å². The topological polar surface area (TPSA) is 93.4 Å². The third-order valence-electron chi connectivity index (χ3n) is 3.86. The van der Waals surface area contributed by atoms with Crippen molar-refractivity contribution in [2.45, 2.75) is 10.1 Å². The molecule has 4 rings (SSSR count). The van der Waals surface area contributed by atoms with E-state index in [2.05, 4.69) is 10.2 Å². The normalized spacial score (nSPS) is 15.2. The number of aromatic nitrogens is 2. The maximum Gasteiger partial charge on any atom is 0.276 e. The van der Waals surface area contributed by atoms with E-state index in [0.29, 0.717) is 16.9 Å². The van der Waals surface area contributed by atoms with Gasteiger partial charge in [-0.2, -0.15) is 0 Å². The van der Waals surface area contributed by atoms with Crippen LogP contribution >= 0.6 is 11.8 Å². The fourth-order valence-corrected chi connectivity index (χ4v) is 5.00. The number of thioether (sulfide) groups is 1. The number of hydrogen-bond donors (Lipinski definition) is 0. The monoisotopic (exact) mass is 387 g/mol. The van der Waals surface area contributed by atoms with Crippen molar-refractivity contribution in [2.75, 3.05) is 12.3 Å². The van der Waals surface area contributed by atoms with Crippen molar-refractivity contribution in [1.82, 2.24) is 14.5 Å². The Kier molecular flexibility index (Phi) is 4.25. The van der Waals surface area contributed by atoms with Gasteiger partial charge in [-0.3, -0.25) is 4.79 Å². The van der Waals surface area contributed by atoms with Crippen LogP contribution in [-0.4, -0.2) is 41.1 Å². The van der Waals surface area contributed by atoms with Crippen molar-refractivity contribution < 1.29 is 17.6 Å². The maximum atomic E-state index is 12.5. The molecular formula is C17H13N3O4S2. The summed E-state index contributed by atoms with van der Waals surface area (Å²) in [5.41, 5.74) is 1.02. The molecule has 2 heterocycles. The fourth-order valence-electron chi connectivity index (χ4n) is 2.63. The number of amides is 1. The lowest BCUT2D eigenvalue weighted by molar-refractivity contribution is 0.0876. The van der Waals surface area contributed by atoms with Gasteiger partial charge in [-0.1, -0.05) is 42.1 Å². The molecule has 1 aliphatic heterocycles. The molecule has 0 N–H and O–H groups in total. The molecule has 1 aromatic heterocycles. The van der Waals surface area contributed by atoms with Crippen LogP contribution in [0.25, 0.3) is 11.5 Å². The van der Waals surface area contributed by atoms with E-state index in [9.17, 15) is 13.2 Å². The summed E-state index contributed by atoms with van der Waals surface area (Å²) in [5, 5.41) is 8.25. The summed E-state index contributed by atoms with van der Waals surface area (Å²) in [6.07, 6.45) is 0. The van der Waals surface area contributed by atoms with E-state index in [1.165, 1.54) is 23.9 Å². The molecular weight excluding hydrogens is 374 g/mol. The summed E-state index contributed by atoms with van der Waals surface area (Å²) in [6.45, 7) is 0.0313. The van der Waals surface area contributed by atoms with Crippen LogP contribution in [0.5, 0.6) is 0 Å². The number of carbonyl (C=O) groups is 1. The Morgan fingerprint density at radius 2 is 1.73 bits per heavy atom. The van der Waals surface area contributed by atoms with Gasteiger partial charge >= 0.3 is 0 Å². The van der Waals surface area contributed by atoms with Gasteiger partial charge in [0.15, 0.2) is 0 Å². The zero-order chi connectivity index (χ0) is 18.1. The number of rotatable bonds is 5. The maximum absolute atomic E-state index is 12.5. The Labute approximate surface area is 154 Å². The Hall–Kier alpha value is -2.65. The molecule has 0 radical (unpaired) electrons. The number of fused-ring (bicyclic) bond motifs is 1. The number of sulfonamides is 1. The zero-order valence-corrected chi connectivity index (χ0v) is 15.0. The van der Waals surface area contributed by atoms with Crippen LogP contribution in [0, 0.1) is 0 Å². The van der Waals surface area contributed by atoms with Gasteiger partial charge in [0.25, 0.3) is 21.2 Å². The summed E-state index contributed by atoms with van der Waals surface area (Å²) < 4.78 is 31.4. The summed E-state index contributed by atoms with van der Waals surface area (Å²) in [6, 6.07) is 15.6. The summed E-state index contributed by atoms with van der Waals surface area (Å²) in [7, 11) is -3.78. The zero-order valence-electron chi connectivity index (χ0n) is 13.4. The highest BCUT2D eigenvalue weighted by Crippen LogP contribution is 2.30. The van der Waals surface area contributed by atoms with Gasteiger partial charge in [0, 0.05) is 17.9 Å². The van der Waals surface area contributed by atoms with Gasteiger partial charge in [0.2, 0.25) is 5.89 Å². The second-order valence-electron chi connectivity index (χ2n) is 5.47. The van der Waals surface area contributed by atoms with Gasteiger partial charge in [0.1, 0.15) is 4.90 Å². The van der Waals surface area contributed by atoms with Crippen LogP contribution < -0.4 is 0 Å². The third-order valence-corrected chi connectivity index (χ3v) is 6.50. The largest absolute Gasteiger partial charge is 0.411 e. The van der Waals surface area contributed by atoms with Gasteiger partial charge in [0.05, 0.1) is 5.56 Å². The number of benzene rings is 2.